The summed E-state index contributed by atoms with van der Waals surface area (Å²) < 4.78 is 5.29. The van der Waals surface area contributed by atoms with Crippen LogP contribution < -0.4 is 10.1 Å². The van der Waals surface area contributed by atoms with Gasteiger partial charge in [-0.25, -0.2) is 0 Å². The average Bonchev–Trinajstić information content (AvgIpc) is 2.36. The number of ether oxygens (including phenoxy) is 1. The molecule has 1 atom stereocenters. The standard InChI is InChI=1S/C17H25NO4/c1-10(2)17(5,9-14(19)20)18-16(21)13-7-11(3)15(22-6)12(4)8-13/h7-8,10H,9H2,1-6H3,(H,18,21)(H,19,20). The highest BCUT2D eigenvalue weighted by Gasteiger charge is 2.33. The van der Waals surface area contributed by atoms with Crippen molar-refractivity contribution in [3.63, 3.8) is 0 Å². The lowest BCUT2D eigenvalue weighted by Gasteiger charge is -2.33. The molecule has 1 aromatic rings. The second-order valence-corrected chi connectivity index (χ2v) is 6.24. The van der Waals surface area contributed by atoms with Gasteiger partial charge < -0.3 is 15.2 Å². The van der Waals surface area contributed by atoms with E-state index in [0.717, 1.165) is 16.9 Å². The van der Waals surface area contributed by atoms with E-state index in [1.165, 1.54) is 0 Å². The van der Waals surface area contributed by atoms with Crippen LogP contribution in [0.4, 0.5) is 0 Å². The third-order valence-electron chi connectivity index (χ3n) is 4.12. The van der Waals surface area contributed by atoms with Crippen LogP contribution in [0.25, 0.3) is 0 Å². The van der Waals surface area contributed by atoms with Gasteiger partial charge in [-0.3, -0.25) is 9.59 Å². The second kappa shape index (κ2) is 6.81. The minimum absolute atomic E-state index is 0.00649. The van der Waals surface area contributed by atoms with E-state index in [0.29, 0.717) is 5.56 Å². The molecule has 2 N–H and O–H groups in total. The SMILES string of the molecule is COc1c(C)cc(C(=O)NC(C)(CC(=O)O)C(C)C)cc1C. The van der Waals surface area contributed by atoms with Crippen LogP contribution in [0.15, 0.2) is 12.1 Å². The van der Waals surface area contributed by atoms with Crippen LogP contribution in [0.5, 0.6) is 5.75 Å². The van der Waals surface area contributed by atoms with Gasteiger partial charge in [-0.2, -0.15) is 0 Å². The highest BCUT2D eigenvalue weighted by molar-refractivity contribution is 5.95. The van der Waals surface area contributed by atoms with Gasteiger partial charge in [0.1, 0.15) is 5.75 Å². The van der Waals surface area contributed by atoms with Gasteiger partial charge in [-0.15, -0.1) is 0 Å². The number of carbonyl (C=O) groups excluding carboxylic acids is 1. The molecule has 5 heteroatoms. The first-order valence-electron chi connectivity index (χ1n) is 7.30. The summed E-state index contributed by atoms with van der Waals surface area (Å²) in [6.07, 6.45) is -0.121. The molecule has 0 bridgehead atoms. The van der Waals surface area contributed by atoms with Gasteiger partial charge in [0.15, 0.2) is 0 Å². The fourth-order valence-corrected chi connectivity index (χ4v) is 2.44. The number of benzene rings is 1. The molecule has 0 fully saturated rings. The lowest BCUT2D eigenvalue weighted by atomic mass is 9.85. The minimum atomic E-state index is -0.932. The predicted molar refractivity (Wildman–Crippen MR) is 85.4 cm³/mol. The summed E-state index contributed by atoms with van der Waals surface area (Å²) in [6.45, 7) is 9.30. The van der Waals surface area contributed by atoms with Crippen LogP contribution in [0.3, 0.4) is 0 Å². The third-order valence-corrected chi connectivity index (χ3v) is 4.12. The van der Waals surface area contributed by atoms with Gasteiger partial charge in [-0.1, -0.05) is 13.8 Å². The maximum absolute atomic E-state index is 12.5. The number of hydrogen-bond donors (Lipinski definition) is 2. The first-order chi connectivity index (χ1) is 10.1. The number of carboxylic acids is 1. The molecule has 0 aromatic heterocycles. The third kappa shape index (κ3) is 4.00. The molecule has 0 saturated heterocycles. The predicted octanol–water partition coefficient (Wildman–Crippen LogP) is 2.93. The van der Waals surface area contributed by atoms with E-state index in [4.69, 9.17) is 9.84 Å². The quantitative estimate of drug-likeness (QED) is 0.847. The van der Waals surface area contributed by atoms with Crippen molar-refractivity contribution < 1.29 is 19.4 Å². The van der Waals surface area contributed by atoms with Crippen molar-refractivity contribution in [2.24, 2.45) is 5.92 Å². The van der Waals surface area contributed by atoms with Crippen LogP contribution in [0.2, 0.25) is 0 Å². The molecular weight excluding hydrogens is 282 g/mol. The Hall–Kier alpha value is -2.04. The molecular formula is C17H25NO4. The monoisotopic (exact) mass is 307 g/mol. The van der Waals surface area contributed by atoms with E-state index in [1.807, 2.05) is 27.7 Å². The molecule has 1 rings (SSSR count). The summed E-state index contributed by atoms with van der Waals surface area (Å²) in [7, 11) is 1.60. The van der Waals surface area contributed by atoms with Crippen molar-refractivity contribution in [1.29, 1.82) is 0 Å². The van der Waals surface area contributed by atoms with E-state index in [2.05, 4.69) is 5.32 Å². The Morgan fingerprint density at radius 2 is 1.77 bits per heavy atom. The van der Waals surface area contributed by atoms with Gasteiger partial charge in [0, 0.05) is 5.56 Å². The Morgan fingerprint density at radius 1 is 1.27 bits per heavy atom. The molecule has 0 aliphatic heterocycles. The van der Waals surface area contributed by atoms with Gasteiger partial charge in [0.2, 0.25) is 0 Å². The summed E-state index contributed by atoms with van der Waals surface area (Å²) in [5.74, 6) is -0.452. The van der Waals surface area contributed by atoms with Gasteiger partial charge in [0.05, 0.1) is 19.1 Å². The summed E-state index contributed by atoms with van der Waals surface area (Å²) in [6, 6.07) is 3.51. The smallest absolute Gasteiger partial charge is 0.305 e. The number of nitrogens with one attached hydrogen (secondary N) is 1. The molecule has 1 unspecified atom stereocenters. The maximum atomic E-state index is 12.5. The largest absolute Gasteiger partial charge is 0.496 e. The zero-order valence-electron chi connectivity index (χ0n) is 14.1. The lowest BCUT2D eigenvalue weighted by Crippen LogP contribution is -2.51. The first-order valence-corrected chi connectivity index (χ1v) is 7.30. The van der Waals surface area contributed by atoms with Gasteiger partial charge in [0.25, 0.3) is 5.91 Å². The summed E-state index contributed by atoms with van der Waals surface area (Å²) >= 11 is 0. The number of methoxy groups -OCH3 is 1. The first kappa shape index (κ1) is 18.0. The highest BCUT2D eigenvalue weighted by Crippen LogP contribution is 2.26. The average molecular weight is 307 g/mol. The molecule has 0 aliphatic carbocycles. The van der Waals surface area contributed by atoms with Crippen LogP contribution in [-0.2, 0) is 4.79 Å². The molecule has 1 aromatic carbocycles. The molecule has 0 aliphatic rings. The van der Waals surface area contributed by atoms with Gasteiger partial charge >= 0.3 is 5.97 Å². The summed E-state index contributed by atoms with van der Waals surface area (Å²) in [5.41, 5.74) is 1.45. The number of carboxylic acid groups (broad SMARTS) is 1. The van der Waals surface area contributed by atoms with Crippen molar-refractivity contribution in [2.45, 2.75) is 46.6 Å². The van der Waals surface area contributed by atoms with Crippen LogP contribution >= 0.6 is 0 Å². The number of rotatable bonds is 6. The normalized spacial score (nSPS) is 13.6. The Labute approximate surface area is 131 Å². The number of aryl methyl sites for hydroxylation is 2. The Morgan fingerprint density at radius 3 is 2.14 bits per heavy atom. The van der Waals surface area contributed by atoms with Crippen LogP contribution in [-0.4, -0.2) is 29.6 Å². The van der Waals surface area contributed by atoms with Crippen molar-refractivity contribution >= 4 is 11.9 Å². The molecule has 122 valence electrons. The zero-order chi connectivity index (χ0) is 17.1. The number of aliphatic carboxylic acids is 1. The zero-order valence-corrected chi connectivity index (χ0v) is 14.1. The maximum Gasteiger partial charge on any atom is 0.305 e. The minimum Gasteiger partial charge on any atom is -0.496 e. The molecule has 1 amide bonds. The van der Waals surface area contributed by atoms with E-state index < -0.39 is 11.5 Å². The lowest BCUT2D eigenvalue weighted by molar-refractivity contribution is -0.138. The van der Waals surface area contributed by atoms with Crippen LogP contribution in [0, 0.1) is 19.8 Å². The summed E-state index contributed by atoms with van der Waals surface area (Å²) in [5, 5.41) is 11.9. The Bertz CT molecular complexity index is 557. The molecule has 5 nitrogen and oxygen atoms in total. The number of hydrogen-bond acceptors (Lipinski definition) is 3. The van der Waals surface area contributed by atoms with Crippen molar-refractivity contribution in [2.75, 3.05) is 7.11 Å². The van der Waals surface area contributed by atoms with Crippen molar-refractivity contribution in [3.05, 3.63) is 28.8 Å². The summed E-state index contributed by atoms with van der Waals surface area (Å²) in [4.78, 5) is 23.6. The van der Waals surface area contributed by atoms with E-state index in [9.17, 15) is 9.59 Å². The molecule has 0 spiro atoms. The van der Waals surface area contributed by atoms with E-state index in [1.54, 1.807) is 26.2 Å². The molecule has 0 heterocycles. The highest BCUT2D eigenvalue weighted by atomic mass is 16.5. The number of amides is 1. The van der Waals surface area contributed by atoms with Gasteiger partial charge in [-0.05, 0) is 49.9 Å². The van der Waals surface area contributed by atoms with Crippen molar-refractivity contribution in [1.82, 2.24) is 5.32 Å². The molecule has 0 saturated carbocycles. The molecule has 0 radical (unpaired) electrons. The fourth-order valence-electron chi connectivity index (χ4n) is 2.44. The fraction of sp³-hybridized carbons (Fsp3) is 0.529. The van der Waals surface area contributed by atoms with E-state index in [-0.39, 0.29) is 18.2 Å². The van der Waals surface area contributed by atoms with Crippen LogP contribution in [0.1, 0.15) is 48.7 Å². The topological polar surface area (TPSA) is 75.6 Å². The van der Waals surface area contributed by atoms with Crippen molar-refractivity contribution in [3.8, 4) is 5.75 Å². The van der Waals surface area contributed by atoms with E-state index >= 15 is 0 Å². The Balaban J connectivity index is 3.08. The Kier molecular flexibility index (Phi) is 5.58. The number of carbonyl (C=O) groups is 2. The second-order valence-electron chi connectivity index (χ2n) is 6.24. The molecule has 22 heavy (non-hydrogen) atoms.